The molecule has 0 bridgehead atoms. The van der Waals surface area contributed by atoms with Gasteiger partial charge in [0.1, 0.15) is 17.5 Å². The molecule has 0 spiro atoms. The lowest BCUT2D eigenvalue weighted by atomic mass is 10.0. The van der Waals surface area contributed by atoms with Gasteiger partial charge in [0.05, 0.1) is 26.4 Å². The minimum absolute atomic E-state index is 0.00668. The van der Waals surface area contributed by atoms with Crippen molar-refractivity contribution in [2.45, 2.75) is 24.9 Å². The molecule has 3 N–H and O–H groups in total. The Hall–Kier alpha value is -2.32. The molecule has 8 nitrogen and oxygen atoms in total. The van der Waals surface area contributed by atoms with Crippen LogP contribution < -0.4 is 20.5 Å². The van der Waals surface area contributed by atoms with E-state index in [0.29, 0.717) is 43.0 Å². The molecule has 0 aliphatic carbocycles. The summed E-state index contributed by atoms with van der Waals surface area (Å²) >= 11 is 0. The molecular weight excluding hydrogens is 338 g/mol. The molecule has 2 amide bonds. The molecule has 8 heteroatoms. The van der Waals surface area contributed by atoms with Crippen LogP contribution in [0, 0.1) is 0 Å². The summed E-state index contributed by atoms with van der Waals surface area (Å²) in [6.07, 6.45) is 1.35. The fourth-order valence-corrected chi connectivity index (χ4v) is 2.94. The number of nitrogens with two attached hydrogens (primary N) is 1. The van der Waals surface area contributed by atoms with Gasteiger partial charge in [0, 0.05) is 32.3 Å². The number of amides is 2. The average molecular weight is 365 g/mol. The van der Waals surface area contributed by atoms with Crippen molar-refractivity contribution in [1.29, 1.82) is 0 Å². The highest BCUT2D eigenvalue weighted by Gasteiger charge is 2.27. The largest absolute Gasteiger partial charge is 0.497 e. The minimum Gasteiger partial charge on any atom is -0.497 e. The normalized spacial score (nSPS) is 16.1. The van der Waals surface area contributed by atoms with Gasteiger partial charge in [-0.25, -0.2) is 0 Å². The summed E-state index contributed by atoms with van der Waals surface area (Å²) in [6, 6.07) is 4.46. The van der Waals surface area contributed by atoms with Gasteiger partial charge >= 0.3 is 0 Å². The van der Waals surface area contributed by atoms with Gasteiger partial charge in [-0.05, 0) is 25.0 Å². The topological polar surface area (TPSA) is 103 Å². The van der Waals surface area contributed by atoms with Gasteiger partial charge in [-0.3, -0.25) is 9.59 Å². The lowest BCUT2D eigenvalue weighted by Crippen LogP contribution is -2.51. The van der Waals surface area contributed by atoms with Gasteiger partial charge in [0.2, 0.25) is 5.91 Å². The van der Waals surface area contributed by atoms with Crippen molar-refractivity contribution >= 4 is 11.8 Å². The van der Waals surface area contributed by atoms with Crippen LogP contribution in [0.4, 0.5) is 0 Å². The molecule has 1 aliphatic heterocycles. The first-order valence-corrected chi connectivity index (χ1v) is 8.56. The van der Waals surface area contributed by atoms with Gasteiger partial charge in [0.25, 0.3) is 5.91 Å². The zero-order chi connectivity index (χ0) is 19.1. The molecule has 1 saturated heterocycles. The number of carbonyl (C=O) groups excluding carboxylic acids is 2. The SMILES string of the molecule is COCC(N)C(=O)NC1CCN(C(=O)c2ccc(OC)cc2OC)CC1. The Bertz CT molecular complexity index is 629. The number of piperidine rings is 1. The maximum absolute atomic E-state index is 12.8. The van der Waals surface area contributed by atoms with E-state index in [1.165, 1.54) is 14.2 Å². The van der Waals surface area contributed by atoms with Crippen molar-refractivity contribution in [2.24, 2.45) is 5.73 Å². The van der Waals surface area contributed by atoms with E-state index in [1.54, 1.807) is 30.2 Å². The monoisotopic (exact) mass is 365 g/mol. The number of nitrogens with zero attached hydrogens (tertiary/aromatic N) is 1. The van der Waals surface area contributed by atoms with Crippen LogP contribution in [0.15, 0.2) is 18.2 Å². The highest BCUT2D eigenvalue weighted by molar-refractivity contribution is 5.97. The highest BCUT2D eigenvalue weighted by atomic mass is 16.5. The summed E-state index contributed by atoms with van der Waals surface area (Å²) in [6.45, 7) is 1.29. The number of hydrogen-bond acceptors (Lipinski definition) is 6. The number of methoxy groups -OCH3 is 3. The zero-order valence-electron chi connectivity index (χ0n) is 15.5. The van der Waals surface area contributed by atoms with Crippen LogP contribution in [0.25, 0.3) is 0 Å². The molecule has 1 heterocycles. The van der Waals surface area contributed by atoms with Crippen LogP contribution in [-0.4, -0.2) is 69.8 Å². The predicted octanol–water partition coefficient (Wildman–Crippen LogP) is 0.398. The molecule has 1 unspecified atom stereocenters. The molecule has 1 atom stereocenters. The van der Waals surface area contributed by atoms with Crippen molar-refractivity contribution in [3.05, 3.63) is 23.8 Å². The molecule has 2 rings (SSSR count). The summed E-state index contributed by atoms with van der Waals surface area (Å²) in [7, 11) is 4.59. The Kier molecular flexibility index (Phi) is 7.23. The van der Waals surface area contributed by atoms with Crippen molar-refractivity contribution in [3.63, 3.8) is 0 Å². The first-order valence-electron chi connectivity index (χ1n) is 8.56. The van der Waals surface area contributed by atoms with E-state index in [-0.39, 0.29) is 24.5 Å². The molecule has 1 aromatic rings. The molecule has 1 aliphatic rings. The van der Waals surface area contributed by atoms with E-state index < -0.39 is 6.04 Å². The molecular formula is C18H27N3O5. The standard InChI is InChI=1S/C18H27N3O5/c1-24-11-15(19)17(22)20-12-6-8-21(9-7-12)18(23)14-5-4-13(25-2)10-16(14)26-3/h4-5,10,12,15H,6-9,11,19H2,1-3H3,(H,20,22). The van der Waals surface area contributed by atoms with Crippen molar-refractivity contribution in [2.75, 3.05) is 41.0 Å². The van der Waals surface area contributed by atoms with E-state index in [9.17, 15) is 9.59 Å². The van der Waals surface area contributed by atoms with Crippen LogP contribution in [0.2, 0.25) is 0 Å². The Labute approximate surface area is 153 Å². The summed E-state index contributed by atoms with van der Waals surface area (Å²) in [5.74, 6) is 0.793. The van der Waals surface area contributed by atoms with Gasteiger partial charge in [-0.1, -0.05) is 0 Å². The smallest absolute Gasteiger partial charge is 0.257 e. The predicted molar refractivity (Wildman–Crippen MR) is 96.5 cm³/mol. The van der Waals surface area contributed by atoms with Gasteiger partial charge in [-0.15, -0.1) is 0 Å². The summed E-state index contributed by atoms with van der Waals surface area (Å²) < 4.78 is 15.4. The molecule has 26 heavy (non-hydrogen) atoms. The van der Waals surface area contributed by atoms with Crippen LogP contribution in [0.5, 0.6) is 11.5 Å². The highest BCUT2D eigenvalue weighted by Crippen LogP contribution is 2.26. The van der Waals surface area contributed by atoms with E-state index in [2.05, 4.69) is 5.32 Å². The number of carbonyl (C=O) groups is 2. The first kappa shape index (κ1) is 20.0. The number of benzene rings is 1. The van der Waals surface area contributed by atoms with Crippen LogP contribution in [-0.2, 0) is 9.53 Å². The Morgan fingerprint density at radius 3 is 2.50 bits per heavy atom. The quantitative estimate of drug-likeness (QED) is 0.725. The number of hydrogen-bond donors (Lipinski definition) is 2. The zero-order valence-corrected chi connectivity index (χ0v) is 15.5. The maximum atomic E-state index is 12.8. The van der Waals surface area contributed by atoms with Crippen LogP contribution in [0.1, 0.15) is 23.2 Å². The first-order chi connectivity index (χ1) is 12.5. The third-order valence-electron chi connectivity index (χ3n) is 4.45. The number of rotatable bonds is 7. The summed E-state index contributed by atoms with van der Waals surface area (Å²) in [4.78, 5) is 26.5. The summed E-state index contributed by atoms with van der Waals surface area (Å²) in [5.41, 5.74) is 6.22. The van der Waals surface area contributed by atoms with E-state index in [4.69, 9.17) is 19.9 Å². The third-order valence-corrected chi connectivity index (χ3v) is 4.45. The van der Waals surface area contributed by atoms with E-state index in [1.807, 2.05) is 0 Å². The van der Waals surface area contributed by atoms with E-state index >= 15 is 0 Å². The van der Waals surface area contributed by atoms with Gasteiger partial charge < -0.3 is 30.2 Å². The van der Waals surface area contributed by atoms with Gasteiger partial charge in [0.15, 0.2) is 0 Å². The van der Waals surface area contributed by atoms with E-state index in [0.717, 1.165) is 0 Å². The number of ether oxygens (including phenoxy) is 3. The van der Waals surface area contributed by atoms with Gasteiger partial charge in [-0.2, -0.15) is 0 Å². The second-order valence-electron chi connectivity index (χ2n) is 6.20. The molecule has 0 saturated carbocycles. The maximum Gasteiger partial charge on any atom is 0.257 e. The number of nitrogens with one attached hydrogen (secondary N) is 1. The second kappa shape index (κ2) is 9.40. The molecule has 1 fully saturated rings. The molecule has 144 valence electrons. The summed E-state index contributed by atoms with van der Waals surface area (Å²) in [5, 5.41) is 2.92. The fraction of sp³-hybridized carbons (Fsp3) is 0.556. The Morgan fingerprint density at radius 1 is 1.23 bits per heavy atom. The fourth-order valence-electron chi connectivity index (χ4n) is 2.94. The molecule has 0 aromatic heterocycles. The molecule has 0 radical (unpaired) electrons. The second-order valence-corrected chi connectivity index (χ2v) is 6.20. The lowest BCUT2D eigenvalue weighted by molar-refractivity contribution is -0.124. The Balaban J connectivity index is 1.93. The third kappa shape index (κ3) is 4.86. The lowest BCUT2D eigenvalue weighted by Gasteiger charge is -2.33. The number of likely N-dealkylation sites (tertiary alicyclic amines) is 1. The average Bonchev–Trinajstić information content (AvgIpc) is 2.67. The minimum atomic E-state index is -0.678. The van der Waals surface area contributed by atoms with Crippen molar-refractivity contribution < 1.29 is 23.8 Å². The van der Waals surface area contributed by atoms with Crippen molar-refractivity contribution in [1.82, 2.24) is 10.2 Å². The molecule has 1 aromatic carbocycles. The Morgan fingerprint density at radius 2 is 1.92 bits per heavy atom. The van der Waals surface area contributed by atoms with Crippen molar-refractivity contribution in [3.8, 4) is 11.5 Å². The van der Waals surface area contributed by atoms with Crippen LogP contribution in [0.3, 0.4) is 0 Å². The van der Waals surface area contributed by atoms with Crippen LogP contribution >= 0.6 is 0 Å².